The van der Waals surface area contributed by atoms with Gasteiger partial charge in [0.2, 0.25) is 24.5 Å². The maximum atomic E-state index is 14.4. The Balaban J connectivity index is 1.26. The van der Waals surface area contributed by atoms with Crippen molar-refractivity contribution in [3.8, 4) is 35.3 Å². The number of nitrogens with zero attached hydrogens (tertiary/aromatic N) is 3. The fraction of sp³-hybridized carbons (Fsp3) is 0.592. The van der Waals surface area contributed by atoms with Gasteiger partial charge in [-0.05, 0) is 116 Å². The molecule has 14 nitrogen and oxygen atoms in total. The van der Waals surface area contributed by atoms with Crippen molar-refractivity contribution < 1.29 is 42.9 Å². The normalized spacial score (nSPS) is 36.0. The summed E-state index contributed by atoms with van der Waals surface area (Å²) in [5.74, 6) is 4.03. The number of methoxy groups -OCH3 is 1. The lowest BCUT2D eigenvalue weighted by molar-refractivity contribution is -0.155. The van der Waals surface area contributed by atoms with E-state index in [9.17, 15) is 19.2 Å². The number of aryl methyl sites for hydroxylation is 1. The summed E-state index contributed by atoms with van der Waals surface area (Å²) < 4.78 is 31.8. The number of terminal acetylenes is 1. The molecule has 0 aromatic heterocycles. The molecule has 9 rings (SSSR count). The van der Waals surface area contributed by atoms with E-state index in [2.05, 4.69) is 74.1 Å². The summed E-state index contributed by atoms with van der Waals surface area (Å²) in [6, 6.07) is 1.09. The Labute approximate surface area is 370 Å². The van der Waals surface area contributed by atoms with Gasteiger partial charge in [0.15, 0.2) is 11.5 Å². The van der Waals surface area contributed by atoms with Gasteiger partial charge in [-0.3, -0.25) is 29.1 Å². The number of nitrogens with one attached hydrogen (secondary N) is 2. The topological polar surface area (TPSA) is 148 Å². The van der Waals surface area contributed by atoms with E-state index in [0.717, 1.165) is 50.5 Å². The zero-order valence-corrected chi connectivity index (χ0v) is 38.7. The smallest absolute Gasteiger partial charge is 0.407 e. The lowest BCUT2D eigenvalue weighted by atomic mass is 9.49. The molecular formula is C49H61N5O9. The Morgan fingerprint density at radius 3 is 2.35 bits per heavy atom. The molecule has 63 heavy (non-hydrogen) atoms. The quantitative estimate of drug-likeness (QED) is 0.235. The summed E-state index contributed by atoms with van der Waals surface area (Å²) in [6.07, 6.45) is 8.41. The highest BCUT2D eigenvalue weighted by atomic mass is 16.7. The minimum absolute atomic E-state index is 0.0239. The van der Waals surface area contributed by atoms with Gasteiger partial charge in [0.05, 0.1) is 36.1 Å². The molecule has 8 bridgehead atoms. The van der Waals surface area contributed by atoms with Crippen LogP contribution in [0.5, 0.6) is 23.0 Å². The average Bonchev–Trinajstić information content (AvgIpc) is 3.77. The molecule has 1 aliphatic carbocycles. The van der Waals surface area contributed by atoms with Crippen molar-refractivity contribution in [3.05, 3.63) is 56.7 Å². The minimum Gasteiger partial charge on any atom is -0.496 e. The molecule has 336 valence electrons. The third-order valence-electron chi connectivity index (χ3n) is 17.0. The zero-order chi connectivity index (χ0) is 45.5. The number of cyclic esters (lactones) is 1. The lowest BCUT2D eigenvalue weighted by Gasteiger charge is -2.68. The van der Waals surface area contributed by atoms with Crippen molar-refractivity contribution in [2.24, 2.45) is 16.2 Å². The number of carbonyl (C=O) groups excluding carboxylic acids is 4. The summed E-state index contributed by atoms with van der Waals surface area (Å²) in [4.78, 5) is 62.9. The monoisotopic (exact) mass is 863 g/mol. The molecule has 2 fully saturated rings. The van der Waals surface area contributed by atoms with E-state index in [1.165, 1.54) is 11.1 Å². The number of amides is 4. The highest BCUT2D eigenvalue weighted by Crippen LogP contribution is 2.65. The number of fused-ring (bicyclic) bond motifs is 11. The van der Waals surface area contributed by atoms with Crippen LogP contribution in [-0.4, -0.2) is 109 Å². The molecule has 2 N–H and O–H groups in total. The predicted molar refractivity (Wildman–Crippen MR) is 234 cm³/mol. The number of alkyl carbamates (subject to hydrolysis) is 1. The molecule has 0 radical (unpaired) electrons. The number of carbonyl (C=O) groups is 4. The van der Waals surface area contributed by atoms with Crippen LogP contribution in [0.15, 0.2) is 17.7 Å². The Kier molecular flexibility index (Phi) is 9.64. The first kappa shape index (κ1) is 43.0. The van der Waals surface area contributed by atoms with Crippen molar-refractivity contribution in [3.63, 3.8) is 0 Å². The van der Waals surface area contributed by atoms with Gasteiger partial charge < -0.3 is 34.3 Å². The Hall–Kier alpha value is -5.26. The van der Waals surface area contributed by atoms with Gasteiger partial charge in [0.25, 0.3) is 0 Å². The molecule has 2 aromatic rings. The van der Waals surface area contributed by atoms with Crippen molar-refractivity contribution in [1.82, 2.24) is 25.3 Å². The van der Waals surface area contributed by atoms with Gasteiger partial charge >= 0.3 is 6.09 Å². The molecule has 2 saturated heterocycles. The van der Waals surface area contributed by atoms with Crippen molar-refractivity contribution in [2.75, 3.05) is 47.3 Å². The molecule has 6 heterocycles. The molecule has 0 spiro atoms. The predicted octanol–water partition coefficient (Wildman–Crippen LogP) is 5.16. The third-order valence-corrected chi connectivity index (χ3v) is 17.0. The van der Waals surface area contributed by atoms with Crippen molar-refractivity contribution >= 4 is 23.8 Å². The Bertz CT molecular complexity index is 2480. The van der Waals surface area contributed by atoms with E-state index >= 15 is 0 Å². The number of likely N-dealkylation sites (tertiary alicyclic amines) is 1. The van der Waals surface area contributed by atoms with E-state index in [1.54, 1.807) is 27.9 Å². The summed E-state index contributed by atoms with van der Waals surface area (Å²) in [7, 11) is 3.97. The molecule has 2 aromatic carbocycles. The van der Waals surface area contributed by atoms with Crippen LogP contribution in [0.1, 0.15) is 99.9 Å². The fourth-order valence-electron chi connectivity index (χ4n) is 13.3. The van der Waals surface area contributed by atoms with Crippen LogP contribution in [0.3, 0.4) is 0 Å². The zero-order valence-electron chi connectivity index (χ0n) is 38.7. The number of piperazine rings is 1. The molecule has 8 unspecified atom stereocenters. The van der Waals surface area contributed by atoms with Crippen LogP contribution in [0, 0.1) is 49.4 Å². The highest BCUT2D eigenvalue weighted by molar-refractivity contribution is 6.10. The van der Waals surface area contributed by atoms with Gasteiger partial charge in [-0.15, -0.1) is 6.42 Å². The van der Waals surface area contributed by atoms with E-state index < -0.39 is 45.7 Å². The third kappa shape index (κ3) is 5.51. The number of rotatable bonds is 2. The number of benzene rings is 2. The largest absolute Gasteiger partial charge is 0.496 e. The van der Waals surface area contributed by atoms with Gasteiger partial charge in [-0.1, -0.05) is 25.0 Å². The van der Waals surface area contributed by atoms with E-state index in [0.29, 0.717) is 23.7 Å². The molecule has 4 amide bonds. The first-order valence-corrected chi connectivity index (χ1v) is 22.1. The highest BCUT2D eigenvalue weighted by Gasteiger charge is 2.72. The van der Waals surface area contributed by atoms with Crippen LogP contribution in [0.2, 0.25) is 0 Å². The summed E-state index contributed by atoms with van der Waals surface area (Å²) in [6.45, 7) is 19.9. The summed E-state index contributed by atoms with van der Waals surface area (Å²) >= 11 is 0. The van der Waals surface area contributed by atoms with Gasteiger partial charge in [-0.25, -0.2) is 4.79 Å². The number of imide groups is 1. The standard InChI is InChI=1S/C49H61N5O9/c1-14-15-53-42(56)46(8)19-30-18-45(7,49(46,11)43(53)57)23-61-44(58)51-28(5)41(55)50-22-48(10)35-32(38(60-21-30)27(4)39-40(35)63-24-62-39)17-33-36-34-26(3)37(59-13)25(2)16-31(34)20-47(9,52(36)12)29(6)54(33)48/h1,16,18,28-29,33,36H,15,17,19-24H2,2-13H3,(H,50,55)(H,51,58)/t28?,29?,33?,36?,45?,46?,47?,48-,49?/m0/s1. The SMILES string of the molecule is C#CCN1C(=O)C2(C)CC3=CC(C)(COC(=O)NC(C)C(=O)NC[C@@]4(C)c5c(c(c(C)c6c5OCO6)OC3)CC3C5c6c(cc(C)c(OC)c6C)CC(C)(C(C)N34)N5C)C2(C)C1=O. The number of ether oxygens (including phenoxy) is 5. The number of hydrogen-bond donors (Lipinski definition) is 2. The number of hydrogen-bond acceptors (Lipinski definition) is 11. The Morgan fingerprint density at radius 2 is 1.65 bits per heavy atom. The molecule has 6 aliphatic heterocycles. The molecule has 14 heteroatoms. The average molecular weight is 864 g/mol. The lowest BCUT2D eigenvalue weighted by Crippen LogP contribution is -2.77. The van der Waals surface area contributed by atoms with Crippen LogP contribution >= 0.6 is 0 Å². The molecule has 7 aliphatic rings. The summed E-state index contributed by atoms with van der Waals surface area (Å²) in [5.41, 5.74) is 3.21. The van der Waals surface area contributed by atoms with Gasteiger partial charge in [0, 0.05) is 46.3 Å². The first-order valence-electron chi connectivity index (χ1n) is 22.1. The second-order valence-electron chi connectivity index (χ2n) is 20.2. The fourth-order valence-corrected chi connectivity index (χ4v) is 13.3. The molecule has 0 saturated carbocycles. The minimum atomic E-state index is -1.34. The van der Waals surface area contributed by atoms with Crippen molar-refractivity contribution in [1.29, 1.82) is 0 Å². The molecule has 9 atom stereocenters. The van der Waals surface area contributed by atoms with Crippen LogP contribution in [-0.2, 0) is 37.5 Å². The van der Waals surface area contributed by atoms with Gasteiger partial charge in [-0.2, -0.15) is 0 Å². The Morgan fingerprint density at radius 1 is 0.937 bits per heavy atom. The van der Waals surface area contributed by atoms with Crippen molar-refractivity contribution in [2.45, 2.75) is 124 Å². The van der Waals surface area contributed by atoms with E-state index in [-0.39, 0.29) is 69.1 Å². The second-order valence-corrected chi connectivity index (χ2v) is 20.2. The molecular weight excluding hydrogens is 803 g/mol. The van der Waals surface area contributed by atoms with E-state index in [1.807, 2.05) is 19.9 Å². The maximum absolute atomic E-state index is 14.4. The number of likely N-dealkylation sites (N-methyl/N-ethyl adjacent to an activating group) is 1. The van der Waals surface area contributed by atoms with Crippen LogP contribution < -0.4 is 29.6 Å². The first-order chi connectivity index (χ1) is 29.6. The van der Waals surface area contributed by atoms with E-state index in [4.69, 9.17) is 30.1 Å². The van der Waals surface area contributed by atoms with Gasteiger partial charge in [0.1, 0.15) is 30.8 Å². The van der Waals surface area contributed by atoms with Crippen LogP contribution in [0.25, 0.3) is 0 Å². The second kappa shape index (κ2) is 14.1. The van der Waals surface area contributed by atoms with Crippen LogP contribution in [0.4, 0.5) is 4.79 Å². The maximum Gasteiger partial charge on any atom is 0.407 e. The summed E-state index contributed by atoms with van der Waals surface area (Å²) in [5, 5.41) is 5.97.